The maximum atomic E-state index is 9.70. The molecule has 0 bridgehead atoms. The Hall–Kier alpha value is -1.51. The zero-order valence-electron chi connectivity index (χ0n) is 14.4. The van der Waals surface area contributed by atoms with Gasteiger partial charge in [-0.05, 0) is 79.8 Å². The normalized spacial score (nSPS) is 17.6. The van der Waals surface area contributed by atoms with Crippen LogP contribution in [0.2, 0.25) is 0 Å². The Morgan fingerprint density at radius 2 is 1.96 bits per heavy atom. The van der Waals surface area contributed by atoms with Crippen molar-refractivity contribution < 1.29 is 5.11 Å². The van der Waals surface area contributed by atoms with Crippen molar-refractivity contribution in [3.05, 3.63) is 65.2 Å². The van der Waals surface area contributed by atoms with Gasteiger partial charge in [0, 0.05) is 6.54 Å². The molecule has 0 aromatic heterocycles. The molecule has 1 aliphatic carbocycles. The molecule has 2 nitrogen and oxygen atoms in total. The number of halogens is 1. The molecule has 3 heteroatoms. The van der Waals surface area contributed by atoms with E-state index in [0.29, 0.717) is 17.6 Å². The van der Waals surface area contributed by atoms with Crippen LogP contribution in [0.3, 0.4) is 0 Å². The van der Waals surface area contributed by atoms with Crippen molar-refractivity contribution >= 4 is 12.4 Å². The number of phenolic OH excluding ortho intramolecular Hbond substituents is 1. The Kier molecular flexibility index (Phi) is 7.14. The second-order valence-electron chi connectivity index (χ2n) is 6.71. The number of hydrogen-bond donors (Lipinski definition) is 2. The topological polar surface area (TPSA) is 32.3 Å². The van der Waals surface area contributed by atoms with Crippen molar-refractivity contribution in [2.24, 2.45) is 0 Å². The first-order valence-corrected chi connectivity index (χ1v) is 8.79. The highest BCUT2D eigenvalue weighted by molar-refractivity contribution is 5.85. The van der Waals surface area contributed by atoms with Gasteiger partial charge in [0.15, 0.2) is 0 Å². The van der Waals surface area contributed by atoms with Crippen LogP contribution in [0, 0.1) is 0 Å². The van der Waals surface area contributed by atoms with E-state index < -0.39 is 0 Å². The van der Waals surface area contributed by atoms with E-state index in [-0.39, 0.29) is 12.4 Å². The molecule has 2 aromatic carbocycles. The summed E-state index contributed by atoms with van der Waals surface area (Å²) in [6, 6.07) is 16.8. The molecule has 130 valence electrons. The van der Waals surface area contributed by atoms with Gasteiger partial charge in [0.1, 0.15) is 5.75 Å². The average Bonchev–Trinajstić information content (AvgIpc) is 2.59. The first-order valence-electron chi connectivity index (χ1n) is 8.79. The van der Waals surface area contributed by atoms with Gasteiger partial charge in [-0.2, -0.15) is 0 Å². The smallest absolute Gasteiger partial charge is 0.115 e. The van der Waals surface area contributed by atoms with E-state index >= 15 is 0 Å². The lowest BCUT2D eigenvalue weighted by molar-refractivity contribution is 0.456. The molecule has 2 unspecified atom stereocenters. The van der Waals surface area contributed by atoms with E-state index in [9.17, 15) is 5.11 Å². The molecule has 24 heavy (non-hydrogen) atoms. The predicted octanol–water partition coefficient (Wildman–Crippen LogP) is 5.02. The number of phenols is 1. The third-order valence-electron chi connectivity index (χ3n) is 5.15. The summed E-state index contributed by atoms with van der Waals surface area (Å²) in [7, 11) is 2.04. The molecule has 0 aliphatic heterocycles. The van der Waals surface area contributed by atoms with Crippen LogP contribution in [0.15, 0.2) is 48.5 Å². The van der Waals surface area contributed by atoms with Gasteiger partial charge in [0.25, 0.3) is 0 Å². The highest BCUT2D eigenvalue weighted by Gasteiger charge is 2.22. The minimum Gasteiger partial charge on any atom is -0.508 e. The highest BCUT2D eigenvalue weighted by Crippen LogP contribution is 2.38. The van der Waals surface area contributed by atoms with Crippen molar-refractivity contribution in [1.82, 2.24) is 5.32 Å². The number of nitrogens with one attached hydrogen (secondary N) is 1. The van der Waals surface area contributed by atoms with Crippen molar-refractivity contribution in [2.75, 3.05) is 13.6 Å². The Bertz CT molecular complexity index is 629. The number of hydrogen-bond acceptors (Lipinski definition) is 2. The van der Waals surface area contributed by atoms with E-state index in [2.05, 4.69) is 41.7 Å². The molecular formula is C21H28ClNO. The van der Waals surface area contributed by atoms with Crippen LogP contribution in [0.4, 0.5) is 0 Å². The SMILES string of the molecule is CNCC(CCC1CCCc2cc(O)ccc21)c1ccccc1.Cl. The first-order chi connectivity index (χ1) is 11.3. The third kappa shape index (κ3) is 4.52. The number of aryl methyl sites for hydroxylation is 1. The zero-order valence-corrected chi connectivity index (χ0v) is 15.2. The summed E-state index contributed by atoms with van der Waals surface area (Å²) in [5.41, 5.74) is 4.25. The van der Waals surface area contributed by atoms with Crippen LogP contribution in [-0.4, -0.2) is 18.7 Å². The van der Waals surface area contributed by atoms with Crippen LogP contribution in [0.1, 0.15) is 54.2 Å². The Morgan fingerprint density at radius 1 is 1.17 bits per heavy atom. The van der Waals surface area contributed by atoms with Crippen molar-refractivity contribution in [2.45, 2.75) is 43.9 Å². The van der Waals surface area contributed by atoms with E-state index in [0.717, 1.165) is 13.0 Å². The fraction of sp³-hybridized carbons (Fsp3) is 0.429. The summed E-state index contributed by atoms with van der Waals surface area (Å²) in [6.45, 7) is 1.03. The number of fused-ring (bicyclic) bond motifs is 1. The second kappa shape index (κ2) is 9.10. The molecule has 2 aromatic rings. The summed E-state index contributed by atoms with van der Waals surface area (Å²) < 4.78 is 0. The van der Waals surface area contributed by atoms with E-state index in [4.69, 9.17) is 0 Å². The summed E-state index contributed by atoms with van der Waals surface area (Å²) in [5.74, 6) is 1.62. The summed E-state index contributed by atoms with van der Waals surface area (Å²) in [6.07, 6.45) is 6.05. The van der Waals surface area contributed by atoms with Crippen molar-refractivity contribution in [1.29, 1.82) is 0 Å². The Morgan fingerprint density at radius 3 is 2.71 bits per heavy atom. The first kappa shape index (κ1) is 18.8. The van der Waals surface area contributed by atoms with E-state index in [1.54, 1.807) is 0 Å². The Labute approximate surface area is 151 Å². The average molecular weight is 346 g/mol. The molecule has 0 heterocycles. The quantitative estimate of drug-likeness (QED) is 0.770. The highest BCUT2D eigenvalue weighted by atomic mass is 35.5. The summed E-state index contributed by atoms with van der Waals surface area (Å²) in [4.78, 5) is 0. The van der Waals surface area contributed by atoms with Gasteiger partial charge in [-0.15, -0.1) is 12.4 Å². The maximum absolute atomic E-state index is 9.70. The van der Waals surface area contributed by atoms with Gasteiger partial charge in [-0.25, -0.2) is 0 Å². The van der Waals surface area contributed by atoms with Crippen LogP contribution >= 0.6 is 12.4 Å². The molecule has 0 saturated carbocycles. The number of likely N-dealkylation sites (N-methyl/N-ethyl adjacent to an activating group) is 1. The number of aromatic hydroxyl groups is 1. The minimum atomic E-state index is 0. The molecule has 3 rings (SSSR count). The molecule has 1 aliphatic rings. The van der Waals surface area contributed by atoms with Crippen molar-refractivity contribution in [3.63, 3.8) is 0 Å². The number of rotatable bonds is 6. The van der Waals surface area contributed by atoms with Gasteiger partial charge in [-0.3, -0.25) is 0 Å². The molecular weight excluding hydrogens is 318 g/mol. The monoisotopic (exact) mass is 345 g/mol. The van der Waals surface area contributed by atoms with E-state index in [1.807, 2.05) is 19.2 Å². The fourth-order valence-corrected chi connectivity index (χ4v) is 3.96. The summed E-state index contributed by atoms with van der Waals surface area (Å²) >= 11 is 0. The number of benzene rings is 2. The van der Waals surface area contributed by atoms with Gasteiger partial charge < -0.3 is 10.4 Å². The van der Waals surface area contributed by atoms with Crippen LogP contribution < -0.4 is 5.32 Å². The van der Waals surface area contributed by atoms with Gasteiger partial charge >= 0.3 is 0 Å². The molecule has 2 N–H and O–H groups in total. The van der Waals surface area contributed by atoms with Gasteiger partial charge in [-0.1, -0.05) is 36.4 Å². The van der Waals surface area contributed by atoms with Crippen LogP contribution in [0.5, 0.6) is 5.75 Å². The molecule has 0 fully saturated rings. The summed E-state index contributed by atoms with van der Waals surface area (Å²) in [5, 5.41) is 13.1. The largest absolute Gasteiger partial charge is 0.508 e. The molecule has 2 atom stereocenters. The fourth-order valence-electron chi connectivity index (χ4n) is 3.96. The molecule has 0 saturated heterocycles. The minimum absolute atomic E-state index is 0. The third-order valence-corrected chi connectivity index (χ3v) is 5.15. The maximum Gasteiger partial charge on any atom is 0.115 e. The van der Waals surface area contributed by atoms with Crippen LogP contribution in [-0.2, 0) is 6.42 Å². The lowest BCUT2D eigenvalue weighted by atomic mass is 9.78. The molecule has 0 spiro atoms. The zero-order chi connectivity index (χ0) is 16.1. The standard InChI is InChI=1S/C21H27NO.ClH/c1-22-15-19(16-6-3-2-4-7-16)11-10-17-8-5-9-18-14-20(23)12-13-21(17)18;/h2-4,6-7,12-14,17,19,22-23H,5,8-11,15H2,1H3;1H. The van der Waals surface area contributed by atoms with E-state index in [1.165, 1.54) is 42.4 Å². The second-order valence-corrected chi connectivity index (χ2v) is 6.71. The molecule has 0 radical (unpaired) electrons. The van der Waals surface area contributed by atoms with Gasteiger partial charge in [0.05, 0.1) is 0 Å². The Balaban J connectivity index is 0.00000208. The van der Waals surface area contributed by atoms with Crippen molar-refractivity contribution in [3.8, 4) is 5.75 Å². The lowest BCUT2D eigenvalue weighted by Crippen LogP contribution is -2.19. The predicted molar refractivity (Wildman–Crippen MR) is 103 cm³/mol. The van der Waals surface area contributed by atoms with Gasteiger partial charge in [0.2, 0.25) is 0 Å². The molecule has 0 amide bonds. The lowest BCUT2D eigenvalue weighted by Gasteiger charge is -2.27. The van der Waals surface area contributed by atoms with Crippen LogP contribution in [0.25, 0.3) is 0 Å².